The molecule has 3 aromatic carbocycles. The molecule has 9 atom stereocenters. The lowest BCUT2D eigenvalue weighted by atomic mass is 9.99. The van der Waals surface area contributed by atoms with Crippen LogP contribution in [0.2, 0.25) is 5.15 Å². The van der Waals surface area contributed by atoms with E-state index in [1.807, 2.05) is 69.0 Å². The molecule has 2 aliphatic heterocycles. The maximum atomic E-state index is 16.1. The van der Waals surface area contributed by atoms with E-state index in [2.05, 4.69) is 32.5 Å². The van der Waals surface area contributed by atoms with Crippen LogP contribution < -0.4 is 10.6 Å². The minimum absolute atomic E-state index is 0.0403. The van der Waals surface area contributed by atoms with Crippen LogP contribution in [0.5, 0.6) is 0 Å². The van der Waals surface area contributed by atoms with Crippen LogP contribution in [-0.2, 0) is 19.1 Å². The number of imidazole rings is 2. The van der Waals surface area contributed by atoms with Crippen LogP contribution in [0.1, 0.15) is 77.6 Å². The normalized spacial score (nSPS) is 24.8. The van der Waals surface area contributed by atoms with Gasteiger partial charge >= 0.3 is 12.2 Å². The topological polar surface area (TPSA) is 175 Å². The van der Waals surface area contributed by atoms with Gasteiger partial charge in [0.15, 0.2) is 5.15 Å². The number of carbonyl (C=O) groups excluding carboxylic acids is 4. The summed E-state index contributed by atoms with van der Waals surface area (Å²) in [5.74, 6) is 1.07. The van der Waals surface area contributed by atoms with Crippen molar-refractivity contribution in [3.05, 3.63) is 71.2 Å². The number of fused-ring (bicyclic) bond motifs is 5. The predicted molar refractivity (Wildman–Crippen MR) is 227 cm³/mol. The highest BCUT2D eigenvalue weighted by atomic mass is 35.5. The molecule has 2 aliphatic carbocycles. The molecule has 16 heteroatoms. The summed E-state index contributed by atoms with van der Waals surface area (Å²) in [4.78, 5) is 72.3. The highest BCUT2D eigenvalue weighted by molar-refractivity contribution is 6.32. The van der Waals surface area contributed by atoms with Crippen molar-refractivity contribution in [1.29, 1.82) is 0 Å². The number of halogens is 2. The number of rotatable bonds is 10. The third kappa shape index (κ3) is 7.04. The quantitative estimate of drug-likeness (QED) is 0.110. The number of likely N-dealkylation sites (tertiary alicyclic amines) is 2. The van der Waals surface area contributed by atoms with E-state index in [1.165, 1.54) is 20.3 Å². The van der Waals surface area contributed by atoms with E-state index >= 15 is 4.39 Å². The van der Waals surface area contributed by atoms with Crippen molar-refractivity contribution in [1.82, 2.24) is 40.4 Å². The molecule has 14 nitrogen and oxygen atoms in total. The van der Waals surface area contributed by atoms with E-state index in [9.17, 15) is 19.2 Å². The average Bonchev–Trinajstić information content (AvgIpc) is 3.75. The smallest absolute Gasteiger partial charge is 0.407 e. The van der Waals surface area contributed by atoms with Crippen LogP contribution in [0.4, 0.5) is 14.0 Å². The van der Waals surface area contributed by atoms with Gasteiger partial charge in [-0.15, -0.1) is 0 Å². The van der Waals surface area contributed by atoms with Gasteiger partial charge in [-0.2, -0.15) is 0 Å². The molecular weight excluding hydrogens is 803 g/mol. The van der Waals surface area contributed by atoms with Gasteiger partial charge in [-0.25, -0.2) is 23.9 Å². The molecule has 3 unspecified atom stereocenters. The number of carbonyl (C=O) groups is 4. The number of alkyl carbamates (subject to hydrolysis) is 2. The third-order valence-corrected chi connectivity index (χ3v) is 13.7. The molecule has 2 aromatic heterocycles. The van der Waals surface area contributed by atoms with Crippen LogP contribution in [0.15, 0.2) is 48.5 Å². The Bertz CT molecular complexity index is 2590. The SMILES string of the molecule is COC(=O)NC(C(=O)N1[C@@H]2C[C@@H]2C[C@H]1c1nc(Cl)c(-c2ccc(-c3ccc4c(ccc5nc([C@@H]6CC7C([C@@H]7C)N6C(=O)[C@@H](NC(=O)OC)C(C)C)[nH]c54)c3)cc2F)[nH]1)C(C)C. The second kappa shape index (κ2) is 15.3. The molecule has 5 aromatic rings. The predicted octanol–water partition coefficient (Wildman–Crippen LogP) is 7.90. The summed E-state index contributed by atoms with van der Waals surface area (Å²) in [6.07, 6.45) is 1.03. The molecule has 0 bridgehead atoms. The second-order valence-corrected chi connectivity index (χ2v) is 18.1. The average molecular weight is 853 g/mol. The molecule has 0 radical (unpaired) electrons. The first-order valence-corrected chi connectivity index (χ1v) is 21.4. The molecule has 4 heterocycles. The second-order valence-electron chi connectivity index (χ2n) is 17.8. The summed E-state index contributed by atoms with van der Waals surface area (Å²) in [5, 5.41) is 7.40. The van der Waals surface area contributed by atoms with E-state index in [-0.39, 0.29) is 52.5 Å². The lowest BCUT2D eigenvalue weighted by Gasteiger charge is -2.32. The van der Waals surface area contributed by atoms with Crippen LogP contribution in [0, 0.1) is 35.4 Å². The van der Waals surface area contributed by atoms with Gasteiger partial charge < -0.3 is 39.9 Å². The number of aromatic nitrogens is 4. The van der Waals surface area contributed by atoms with Crippen LogP contribution in [0.3, 0.4) is 0 Å². The molecule has 2 saturated carbocycles. The number of nitrogens with one attached hydrogen (secondary N) is 4. The van der Waals surface area contributed by atoms with E-state index < -0.39 is 36.1 Å². The van der Waals surface area contributed by atoms with E-state index in [0.717, 1.165) is 40.2 Å². The minimum Gasteiger partial charge on any atom is -0.453 e. The first-order valence-electron chi connectivity index (χ1n) is 21.0. The molecule has 4 amide bonds. The highest BCUT2D eigenvalue weighted by Gasteiger charge is 2.62. The lowest BCUT2D eigenvalue weighted by molar-refractivity contribution is -0.137. The highest BCUT2D eigenvalue weighted by Crippen LogP contribution is 2.58. The van der Waals surface area contributed by atoms with E-state index in [4.69, 9.17) is 26.1 Å². The number of benzene rings is 3. The number of hydrogen-bond acceptors (Lipinski definition) is 8. The van der Waals surface area contributed by atoms with Crippen molar-refractivity contribution in [3.63, 3.8) is 0 Å². The Balaban J connectivity index is 0.958. The third-order valence-electron chi connectivity index (χ3n) is 13.4. The maximum absolute atomic E-state index is 16.1. The summed E-state index contributed by atoms with van der Waals surface area (Å²) in [7, 11) is 2.55. The number of nitrogens with zero attached hydrogens (tertiary/aromatic N) is 4. The zero-order valence-corrected chi connectivity index (χ0v) is 35.8. The monoisotopic (exact) mass is 852 g/mol. The van der Waals surface area contributed by atoms with Gasteiger partial charge in [0.25, 0.3) is 0 Å². The Morgan fingerprint density at radius 2 is 1.43 bits per heavy atom. The number of H-pyrrole nitrogens is 2. The molecule has 61 heavy (non-hydrogen) atoms. The number of methoxy groups -OCH3 is 2. The molecule has 2 saturated heterocycles. The van der Waals surface area contributed by atoms with Crippen molar-refractivity contribution in [2.75, 3.05) is 14.2 Å². The van der Waals surface area contributed by atoms with Crippen molar-refractivity contribution >= 4 is 57.4 Å². The number of hydrogen-bond donors (Lipinski definition) is 4. The maximum Gasteiger partial charge on any atom is 0.407 e. The van der Waals surface area contributed by atoms with Gasteiger partial charge in [-0.1, -0.05) is 70.5 Å². The largest absolute Gasteiger partial charge is 0.453 e. The van der Waals surface area contributed by atoms with Gasteiger partial charge in [-0.05, 0) is 89.6 Å². The Kier molecular flexibility index (Phi) is 10.2. The summed E-state index contributed by atoms with van der Waals surface area (Å²) in [6.45, 7) is 9.70. The van der Waals surface area contributed by atoms with Crippen LogP contribution in [0.25, 0.3) is 44.2 Å². The summed E-state index contributed by atoms with van der Waals surface area (Å²) in [5.41, 5.74) is 3.68. The van der Waals surface area contributed by atoms with Crippen molar-refractivity contribution < 1.29 is 33.0 Å². The molecule has 0 spiro atoms. The van der Waals surface area contributed by atoms with Gasteiger partial charge in [-0.3, -0.25) is 9.59 Å². The molecule has 4 N–H and O–H groups in total. The van der Waals surface area contributed by atoms with E-state index in [1.54, 1.807) is 11.0 Å². The molecule has 9 rings (SSSR count). The van der Waals surface area contributed by atoms with Gasteiger partial charge in [0.05, 0.1) is 43.0 Å². The van der Waals surface area contributed by atoms with Crippen LogP contribution in [-0.4, -0.2) is 92.1 Å². The van der Waals surface area contributed by atoms with Crippen molar-refractivity contribution in [2.24, 2.45) is 29.6 Å². The Hall–Kier alpha value is -5.70. The number of ether oxygens (including phenoxy) is 2. The van der Waals surface area contributed by atoms with Crippen molar-refractivity contribution in [3.8, 4) is 22.4 Å². The minimum atomic E-state index is -0.779. The standard InChI is InChI=1S/C45H50ClFN8O6/c1-19(2)34(51-44(58)60-6)42(56)54-31-16-25(31)17-32(54)41-50-37(39(46)53-41)27-12-9-23(15-29(27)47)22-8-11-26-24(14-22)10-13-30-36(26)49-40(48-30)33-18-28-21(5)38(28)55(33)43(57)35(20(3)4)52-45(59)61-7/h8-15,19-21,25,28,31-35,38H,16-18H2,1-7H3,(H,48,49)(H,50,53)(H,51,58)(H,52,59)/t21-,25-,28?,31-,32+,33+,34?,35+,38?/m1/s1. The Labute approximate surface area is 357 Å². The fourth-order valence-corrected chi connectivity index (χ4v) is 10.2. The fourth-order valence-electron chi connectivity index (χ4n) is 9.97. The molecule has 4 fully saturated rings. The van der Waals surface area contributed by atoms with E-state index in [0.29, 0.717) is 47.1 Å². The first-order chi connectivity index (χ1) is 29.2. The summed E-state index contributed by atoms with van der Waals surface area (Å²) in [6, 6.07) is 12.8. The molecule has 320 valence electrons. The zero-order valence-electron chi connectivity index (χ0n) is 35.1. The van der Waals surface area contributed by atoms with Gasteiger partial charge in [0.1, 0.15) is 29.5 Å². The lowest BCUT2D eigenvalue weighted by Crippen LogP contribution is -2.52. The number of aromatic amines is 2. The van der Waals surface area contributed by atoms with Crippen LogP contribution >= 0.6 is 11.6 Å². The summed E-state index contributed by atoms with van der Waals surface area (Å²) < 4.78 is 25.7. The molecule has 4 aliphatic rings. The number of amides is 4. The summed E-state index contributed by atoms with van der Waals surface area (Å²) >= 11 is 6.67. The van der Waals surface area contributed by atoms with Gasteiger partial charge in [0, 0.05) is 23.0 Å². The zero-order chi connectivity index (χ0) is 43.2. The number of piperidine rings is 2. The van der Waals surface area contributed by atoms with Gasteiger partial charge in [0.2, 0.25) is 11.8 Å². The Morgan fingerprint density at radius 3 is 2.08 bits per heavy atom. The van der Waals surface area contributed by atoms with Crippen molar-refractivity contribution in [2.45, 2.75) is 90.1 Å². The first kappa shape index (κ1) is 40.7. The Morgan fingerprint density at radius 1 is 0.803 bits per heavy atom. The fraction of sp³-hybridized carbons (Fsp3) is 0.467. The molecular formula is C45H50ClFN8O6.